The predicted molar refractivity (Wildman–Crippen MR) is 177 cm³/mol. The van der Waals surface area contributed by atoms with Crippen LogP contribution < -0.4 is 14.8 Å². The molecule has 1 saturated carbocycles. The van der Waals surface area contributed by atoms with Gasteiger partial charge in [0, 0.05) is 37.3 Å². The third-order valence-corrected chi connectivity index (χ3v) is 8.82. The van der Waals surface area contributed by atoms with E-state index < -0.39 is 13.0 Å². The Labute approximate surface area is 288 Å². The van der Waals surface area contributed by atoms with Crippen molar-refractivity contribution in [2.45, 2.75) is 70.2 Å². The molecule has 4 aromatic rings. The number of tetrazole rings is 1. The minimum absolute atomic E-state index is 0.160. The lowest BCUT2D eigenvalue weighted by Crippen LogP contribution is -2.45. The number of anilines is 2. The number of alkyl halides is 2. The van der Waals surface area contributed by atoms with E-state index in [4.69, 9.17) is 40.6 Å². The average molecular weight is 703 g/mol. The van der Waals surface area contributed by atoms with Gasteiger partial charge in [0.05, 0.1) is 55.9 Å². The van der Waals surface area contributed by atoms with Crippen molar-refractivity contribution < 1.29 is 27.7 Å². The minimum Gasteiger partial charge on any atom is -0.487 e. The smallest absolute Gasteiger partial charge is 0.261 e. The molecule has 264 valence electrons. The Kier molecular flexibility index (Phi) is 12.2. The largest absolute Gasteiger partial charge is 0.487 e. The van der Waals surface area contributed by atoms with Crippen LogP contribution in [-0.4, -0.2) is 110 Å². The third kappa shape index (κ3) is 9.80. The molecule has 1 atom stereocenters. The SMILES string of the molecule is C[C@@H](Cn1cnnn1)Oc1cc(-c2ccnc(Nc3cn(C4CCC(N5CCOCC5)CC4)nc3OCCCOCC(F)F)n2)ccc1Cl. The topological polar surface area (TPSA) is 139 Å². The summed E-state index contributed by atoms with van der Waals surface area (Å²) in [6, 6.07) is 8.04. The van der Waals surface area contributed by atoms with Gasteiger partial charge in [-0.1, -0.05) is 17.7 Å². The second kappa shape index (κ2) is 17.1. The zero-order valence-electron chi connectivity index (χ0n) is 27.3. The number of morpholine rings is 1. The number of benzene rings is 1. The van der Waals surface area contributed by atoms with E-state index in [1.54, 1.807) is 23.0 Å². The molecular weight excluding hydrogens is 662 g/mol. The standard InChI is InChI=1S/C32H41ClF2N10O4/c1-22(18-44-21-37-41-42-44)49-29-17-23(3-8-26(29)33)27-9-10-36-32(38-27)39-28-19-45(40-31(28)48-14-2-13-47-20-30(34)35)25-6-4-24(5-7-25)43-11-15-46-16-12-43/h3,8-10,17,19,21-22,24-25,30H,2,4-7,11-16,18,20H2,1H3,(H,36,38,39)/t22-,24?,25?/m0/s1. The summed E-state index contributed by atoms with van der Waals surface area (Å²) < 4.78 is 51.1. The summed E-state index contributed by atoms with van der Waals surface area (Å²) >= 11 is 6.47. The molecule has 0 bridgehead atoms. The average Bonchev–Trinajstić information content (AvgIpc) is 3.77. The molecule has 1 N–H and O–H groups in total. The summed E-state index contributed by atoms with van der Waals surface area (Å²) in [5, 5.41) is 19.8. The van der Waals surface area contributed by atoms with Crippen LogP contribution in [0.3, 0.4) is 0 Å². The Bertz CT molecular complexity index is 1600. The van der Waals surface area contributed by atoms with Gasteiger partial charge >= 0.3 is 0 Å². The number of halogens is 3. The Morgan fingerprint density at radius 2 is 1.90 bits per heavy atom. The van der Waals surface area contributed by atoms with Gasteiger partial charge in [0.25, 0.3) is 12.3 Å². The number of hydrogen-bond acceptors (Lipinski definition) is 12. The molecule has 17 heteroatoms. The summed E-state index contributed by atoms with van der Waals surface area (Å²) in [5.74, 6) is 1.24. The number of rotatable bonds is 16. The molecule has 1 saturated heterocycles. The fraction of sp³-hybridized carbons (Fsp3) is 0.562. The van der Waals surface area contributed by atoms with Crippen molar-refractivity contribution in [3.63, 3.8) is 0 Å². The predicted octanol–water partition coefficient (Wildman–Crippen LogP) is 5.06. The van der Waals surface area contributed by atoms with Crippen molar-refractivity contribution in [1.82, 2.24) is 44.9 Å². The molecule has 2 fully saturated rings. The van der Waals surface area contributed by atoms with E-state index in [0.29, 0.717) is 53.0 Å². The van der Waals surface area contributed by atoms with Crippen molar-refractivity contribution in [1.29, 1.82) is 0 Å². The summed E-state index contributed by atoms with van der Waals surface area (Å²) in [4.78, 5) is 11.8. The van der Waals surface area contributed by atoms with Crippen LogP contribution in [-0.2, 0) is 16.0 Å². The van der Waals surface area contributed by atoms with Crippen molar-refractivity contribution >= 4 is 23.2 Å². The summed E-state index contributed by atoms with van der Waals surface area (Å²) in [7, 11) is 0. The van der Waals surface area contributed by atoms with E-state index in [1.165, 1.54) is 6.33 Å². The van der Waals surface area contributed by atoms with Crippen molar-refractivity contribution in [2.24, 2.45) is 0 Å². The second-order valence-electron chi connectivity index (χ2n) is 12.1. The van der Waals surface area contributed by atoms with Crippen LogP contribution in [0.5, 0.6) is 11.6 Å². The van der Waals surface area contributed by atoms with Crippen LogP contribution in [0.1, 0.15) is 45.1 Å². The first-order valence-electron chi connectivity index (χ1n) is 16.6. The van der Waals surface area contributed by atoms with E-state index in [9.17, 15) is 8.78 Å². The highest BCUT2D eigenvalue weighted by Gasteiger charge is 2.29. The molecule has 0 amide bonds. The molecule has 0 unspecified atom stereocenters. The lowest BCUT2D eigenvalue weighted by molar-refractivity contribution is 0.00501. The Balaban J connectivity index is 1.14. The minimum atomic E-state index is -2.50. The van der Waals surface area contributed by atoms with E-state index in [1.807, 2.05) is 29.9 Å². The van der Waals surface area contributed by atoms with Crippen molar-refractivity contribution in [2.75, 3.05) is 51.4 Å². The third-order valence-electron chi connectivity index (χ3n) is 8.51. The maximum atomic E-state index is 12.4. The Morgan fingerprint density at radius 1 is 1.08 bits per heavy atom. The van der Waals surface area contributed by atoms with Crippen LogP contribution in [0.4, 0.5) is 20.4 Å². The fourth-order valence-corrected chi connectivity index (χ4v) is 6.28. The van der Waals surface area contributed by atoms with Crippen molar-refractivity contribution in [3.05, 3.63) is 48.0 Å². The van der Waals surface area contributed by atoms with Crippen LogP contribution in [0, 0.1) is 0 Å². The van der Waals surface area contributed by atoms with Gasteiger partial charge in [0.1, 0.15) is 30.5 Å². The van der Waals surface area contributed by atoms with Gasteiger partial charge in [0.2, 0.25) is 5.95 Å². The van der Waals surface area contributed by atoms with Gasteiger partial charge in [-0.05, 0) is 61.2 Å². The van der Waals surface area contributed by atoms with Crippen LogP contribution in [0.15, 0.2) is 43.0 Å². The van der Waals surface area contributed by atoms with E-state index in [-0.39, 0.29) is 25.4 Å². The highest BCUT2D eigenvalue weighted by atomic mass is 35.5. The molecule has 0 spiro atoms. The molecule has 0 radical (unpaired) electrons. The molecular formula is C32H41ClF2N10O4. The summed E-state index contributed by atoms with van der Waals surface area (Å²) in [6.45, 7) is 5.72. The maximum Gasteiger partial charge on any atom is 0.261 e. The first-order chi connectivity index (χ1) is 23.9. The first-order valence-corrected chi connectivity index (χ1v) is 17.0. The maximum absolute atomic E-state index is 12.4. The number of aromatic nitrogens is 8. The molecule has 1 aliphatic heterocycles. The highest BCUT2D eigenvalue weighted by Crippen LogP contribution is 2.35. The van der Waals surface area contributed by atoms with Crippen LogP contribution in [0.25, 0.3) is 11.3 Å². The fourth-order valence-electron chi connectivity index (χ4n) is 6.12. The second-order valence-corrected chi connectivity index (χ2v) is 12.5. The Morgan fingerprint density at radius 3 is 2.67 bits per heavy atom. The van der Waals surface area contributed by atoms with Gasteiger partial charge in [-0.2, -0.15) is 0 Å². The molecule has 49 heavy (non-hydrogen) atoms. The molecule has 2 aliphatic rings. The summed E-state index contributed by atoms with van der Waals surface area (Å²) in [5.41, 5.74) is 2.05. The number of hydrogen-bond donors (Lipinski definition) is 1. The van der Waals surface area contributed by atoms with E-state index in [2.05, 4.69) is 30.7 Å². The van der Waals surface area contributed by atoms with E-state index >= 15 is 0 Å². The van der Waals surface area contributed by atoms with Gasteiger partial charge in [-0.3, -0.25) is 9.58 Å². The molecule has 1 aromatic carbocycles. The molecule has 6 rings (SSSR count). The lowest BCUT2D eigenvalue weighted by Gasteiger charge is -2.38. The number of nitrogens with zero attached hydrogens (tertiary/aromatic N) is 9. The zero-order chi connectivity index (χ0) is 34.0. The van der Waals surface area contributed by atoms with Gasteiger partial charge in [0.15, 0.2) is 0 Å². The molecule has 4 heterocycles. The normalized spacial score (nSPS) is 19.2. The molecule has 14 nitrogen and oxygen atoms in total. The van der Waals surface area contributed by atoms with Gasteiger partial charge in [-0.15, -0.1) is 10.2 Å². The zero-order valence-corrected chi connectivity index (χ0v) is 28.1. The first kappa shape index (κ1) is 34.9. The monoisotopic (exact) mass is 702 g/mol. The van der Waals surface area contributed by atoms with Crippen LogP contribution in [0.2, 0.25) is 5.02 Å². The number of nitrogens with one attached hydrogen (secondary N) is 1. The Hall–Kier alpha value is -3.99. The van der Waals surface area contributed by atoms with Crippen molar-refractivity contribution in [3.8, 4) is 22.9 Å². The number of ether oxygens (including phenoxy) is 4. The highest BCUT2D eigenvalue weighted by molar-refractivity contribution is 6.32. The molecule has 3 aromatic heterocycles. The van der Waals surface area contributed by atoms with Gasteiger partial charge < -0.3 is 24.3 Å². The van der Waals surface area contributed by atoms with Crippen LogP contribution >= 0.6 is 11.6 Å². The lowest BCUT2D eigenvalue weighted by atomic mass is 9.90. The molecule has 1 aliphatic carbocycles. The summed E-state index contributed by atoms with van der Waals surface area (Å²) in [6.07, 6.45) is 6.95. The van der Waals surface area contributed by atoms with E-state index in [0.717, 1.165) is 57.6 Å². The quantitative estimate of drug-likeness (QED) is 0.156. The van der Waals surface area contributed by atoms with Gasteiger partial charge in [-0.25, -0.2) is 23.4 Å².